The zero-order chi connectivity index (χ0) is 13.9. The van der Waals surface area contributed by atoms with Crippen LogP contribution >= 0.6 is 0 Å². The second-order valence-corrected chi connectivity index (χ2v) is 10.3. The van der Waals surface area contributed by atoms with Crippen LogP contribution in [0.2, 0.25) is 17.1 Å². The first-order valence-corrected chi connectivity index (χ1v) is 8.74. The molecule has 1 aromatic carbocycles. The molecule has 0 spiro atoms. The Balaban J connectivity index is 2.76. The molecule has 1 rings (SSSR count). The third-order valence-corrected chi connectivity index (χ3v) is 8.85. The molecule has 1 N–H and O–H groups in total. The first kappa shape index (κ1) is 15.3. The van der Waals surface area contributed by atoms with Crippen LogP contribution in [0.25, 0.3) is 0 Å². The van der Waals surface area contributed by atoms with E-state index >= 15 is 0 Å². The third-order valence-electron chi connectivity index (χ3n) is 3.80. The Labute approximate surface area is 109 Å². The van der Waals surface area contributed by atoms with Crippen molar-refractivity contribution in [2.45, 2.75) is 51.2 Å². The van der Waals surface area contributed by atoms with E-state index in [1.165, 1.54) is 6.07 Å². The predicted molar refractivity (Wildman–Crippen MR) is 73.0 cm³/mol. The van der Waals surface area contributed by atoms with Gasteiger partial charge in [0.05, 0.1) is 0 Å². The van der Waals surface area contributed by atoms with E-state index in [-0.39, 0.29) is 11.1 Å². The van der Waals surface area contributed by atoms with Crippen molar-refractivity contribution in [2.75, 3.05) is 0 Å². The maximum atomic E-state index is 13.1. The highest BCUT2D eigenvalue weighted by Crippen LogP contribution is 2.34. The fourth-order valence-electron chi connectivity index (χ4n) is 2.28. The molecular formula is C14H22F2OSi. The summed E-state index contributed by atoms with van der Waals surface area (Å²) >= 11 is 0. The summed E-state index contributed by atoms with van der Waals surface area (Å²) in [7, 11) is -2.33. The molecule has 0 saturated carbocycles. The zero-order valence-corrected chi connectivity index (χ0v) is 12.5. The Hall–Kier alpha value is -0.743. The van der Waals surface area contributed by atoms with Crippen LogP contribution < -0.4 is 0 Å². The van der Waals surface area contributed by atoms with Crippen LogP contribution in [-0.4, -0.2) is 13.1 Å². The molecule has 102 valence electrons. The molecular weight excluding hydrogens is 250 g/mol. The number of hydrogen-bond donors (Lipinski definition) is 1. The van der Waals surface area contributed by atoms with Crippen molar-refractivity contribution < 1.29 is 13.6 Å². The van der Waals surface area contributed by atoms with E-state index in [1.54, 1.807) is 6.07 Å². The van der Waals surface area contributed by atoms with E-state index in [2.05, 4.69) is 0 Å². The van der Waals surface area contributed by atoms with Crippen LogP contribution in [0.5, 0.6) is 0 Å². The Morgan fingerprint density at radius 2 is 1.61 bits per heavy atom. The number of halogens is 2. The maximum absolute atomic E-state index is 13.1. The Morgan fingerprint density at radius 1 is 1.06 bits per heavy atom. The van der Waals surface area contributed by atoms with Gasteiger partial charge in [0.2, 0.25) is 0 Å². The van der Waals surface area contributed by atoms with Crippen molar-refractivity contribution in [2.24, 2.45) is 0 Å². The quantitative estimate of drug-likeness (QED) is 0.794. The fourth-order valence-corrected chi connectivity index (χ4v) is 5.46. The molecule has 0 heterocycles. The van der Waals surface area contributed by atoms with Crippen molar-refractivity contribution in [3.8, 4) is 0 Å². The van der Waals surface area contributed by atoms with E-state index in [4.69, 9.17) is 0 Å². The zero-order valence-electron chi connectivity index (χ0n) is 11.5. The Morgan fingerprint density at radius 3 is 2.06 bits per heavy atom. The second kappa shape index (κ2) is 5.93. The molecule has 0 unspecified atom stereocenters. The van der Waals surface area contributed by atoms with Gasteiger partial charge in [-0.3, -0.25) is 0 Å². The van der Waals surface area contributed by atoms with Gasteiger partial charge in [0, 0.05) is 0 Å². The summed E-state index contributed by atoms with van der Waals surface area (Å²) in [5.74, 6) is -1.63. The first-order valence-electron chi connectivity index (χ1n) is 6.43. The van der Waals surface area contributed by atoms with E-state index in [0.29, 0.717) is 12.5 Å². The molecule has 0 radical (unpaired) electrons. The SMILES string of the molecule is CC(C)[Si](O)(CCc1ccc(F)c(F)c1)C(C)C. The minimum Gasteiger partial charge on any atom is -0.431 e. The molecule has 0 atom stereocenters. The second-order valence-electron chi connectivity index (χ2n) is 5.55. The highest BCUT2D eigenvalue weighted by atomic mass is 28.4. The summed E-state index contributed by atoms with van der Waals surface area (Å²) < 4.78 is 25.9. The van der Waals surface area contributed by atoms with Gasteiger partial charge in [0.1, 0.15) is 0 Å². The van der Waals surface area contributed by atoms with Crippen LogP contribution in [0.1, 0.15) is 33.3 Å². The summed E-state index contributed by atoms with van der Waals surface area (Å²) in [4.78, 5) is 10.7. The molecule has 1 nitrogen and oxygen atoms in total. The van der Waals surface area contributed by atoms with Gasteiger partial charge in [-0.25, -0.2) is 8.78 Å². The van der Waals surface area contributed by atoms with Gasteiger partial charge in [0.15, 0.2) is 20.0 Å². The smallest absolute Gasteiger partial charge is 0.193 e. The van der Waals surface area contributed by atoms with Crippen LogP contribution in [0.3, 0.4) is 0 Å². The summed E-state index contributed by atoms with van der Waals surface area (Å²) in [5, 5.41) is 0. The first-order chi connectivity index (χ1) is 8.27. The number of benzene rings is 1. The van der Waals surface area contributed by atoms with Gasteiger partial charge >= 0.3 is 0 Å². The van der Waals surface area contributed by atoms with Crippen LogP contribution in [0.4, 0.5) is 8.78 Å². The summed E-state index contributed by atoms with van der Waals surface area (Å²) in [6.45, 7) is 8.16. The summed E-state index contributed by atoms with van der Waals surface area (Å²) in [6, 6.07) is 4.65. The predicted octanol–water partition coefficient (Wildman–Crippen LogP) is 4.27. The highest BCUT2D eigenvalue weighted by Gasteiger charge is 2.37. The van der Waals surface area contributed by atoms with Crippen molar-refractivity contribution in [1.82, 2.24) is 0 Å². The minimum absolute atomic E-state index is 0.266. The molecule has 4 heteroatoms. The van der Waals surface area contributed by atoms with Gasteiger partial charge in [-0.15, -0.1) is 0 Å². The normalized spacial score (nSPS) is 12.5. The Kier molecular flexibility index (Phi) is 5.05. The van der Waals surface area contributed by atoms with Crippen molar-refractivity contribution in [1.29, 1.82) is 0 Å². The average molecular weight is 272 g/mol. The molecule has 0 fully saturated rings. The van der Waals surface area contributed by atoms with Crippen molar-refractivity contribution in [3.05, 3.63) is 35.4 Å². The standard InChI is InChI=1S/C14H22F2OSi/c1-10(2)18(17,11(3)4)8-7-12-5-6-13(15)14(16)9-12/h5-6,9-11,17H,7-8H2,1-4H3. The monoisotopic (exact) mass is 272 g/mol. The van der Waals surface area contributed by atoms with Crippen LogP contribution in [0.15, 0.2) is 18.2 Å². The van der Waals surface area contributed by atoms with Gasteiger partial charge in [0.25, 0.3) is 0 Å². The third kappa shape index (κ3) is 3.39. The molecule has 0 aliphatic carbocycles. The van der Waals surface area contributed by atoms with Crippen LogP contribution in [0, 0.1) is 11.6 Å². The fraction of sp³-hybridized carbons (Fsp3) is 0.571. The number of hydrogen-bond acceptors (Lipinski definition) is 1. The molecule has 18 heavy (non-hydrogen) atoms. The summed E-state index contributed by atoms with van der Waals surface area (Å²) in [5.41, 5.74) is 1.28. The molecule has 0 aliphatic heterocycles. The average Bonchev–Trinajstić information content (AvgIpc) is 2.29. The topological polar surface area (TPSA) is 20.2 Å². The van der Waals surface area contributed by atoms with Crippen molar-refractivity contribution in [3.63, 3.8) is 0 Å². The minimum atomic E-state index is -2.33. The van der Waals surface area contributed by atoms with Gasteiger partial charge < -0.3 is 4.80 Å². The number of aryl methyl sites for hydroxylation is 1. The molecule has 0 bridgehead atoms. The molecule has 0 saturated heterocycles. The lowest BCUT2D eigenvalue weighted by atomic mass is 10.2. The van der Waals surface area contributed by atoms with Crippen LogP contribution in [-0.2, 0) is 6.42 Å². The van der Waals surface area contributed by atoms with Crippen molar-refractivity contribution >= 4 is 8.32 Å². The molecule has 0 aliphatic rings. The highest BCUT2D eigenvalue weighted by molar-refractivity contribution is 6.75. The summed E-state index contributed by atoms with van der Waals surface area (Å²) in [6.07, 6.45) is 0.607. The lowest BCUT2D eigenvalue weighted by molar-refractivity contribution is 0.488. The molecule has 0 amide bonds. The van der Waals surface area contributed by atoms with E-state index < -0.39 is 20.0 Å². The molecule has 1 aromatic rings. The Bertz CT molecular complexity index is 397. The largest absolute Gasteiger partial charge is 0.431 e. The molecule has 0 aromatic heterocycles. The number of rotatable bonds is 5. The lowest BCUT2D eigenvalue weighted by Crippen LogP contribution is -2.41. The van der Waals surface area contributed by atoms with Gasteiger partial charge in [-0.05, 0) is 41.2 Å². The lowest BCUT2D eigenvalue weighted by Gasteiger charge is -2.33. The maximum Gasteiger partial charge on any atom is 0.193 e. The van der Waals surface area contributed by atoms with E-state index in [9.17, 15) is 13.6 Å². The van der Waals surface area contributed by atoms with E-state index in [1.807, 2.05) is 27.7 Å². The van der Waals surface area contributed by atoms with Gasteiger partial charge in [-0.1, -0.05) is 33.8 Å². The van der Waals surface area contributed by atoms with Gasteiger partial charge in [-0.2, -0.15) is 0 Å². The van der Waals surface area contributed by atoms with E-state index in [0.717, 1.165) is 11.6 Å².